The summed E-state index contributed by atoms with van der Waals surface area (Å²) in [6, 6.07) is 8.63. The van der Waals surface area contributed by atoms with Gasteiger partial charge in [-0.3, -0.25) is 0 Å². The van der Waals surface area contributed by atoms with Gasteiger partial charge in [0.1, 0.15) is 5.52 Å². The molecule has 0 bridgehead atoms. The topological polar surface area (TPSA) is 90.1 Å². The van der Waals surface area contributed by atoms with E-state index in [0.717, 1.165) is 5.56 Å². The Kier molecular flexibility index (Phi) is 3.23. The van der Waals surface area contributed by atoms with E-state index in [1.54, 1.807) is 36.2 Å². The van der Waals surface area contributed by atoms with Gasteiger partial charge in [0.15, 0.2) is 0 Å². The van der Waals surface area contributed by atoms with Crippen molar-refractivity contribution in [3.8, 4) is 5.88 Å². The molecule has 2 aromatic heterocycles. The van der Waals surface area contributed by atoms with Crippen LogP contribution in [0.4, 0.5) is 0 Å². The maximum Gasteiger partial charge on any atom is 0.338 e. The van der Waals surface area contributed by atoms with Crippen LogP contribution in [-0.2, 0) is 6.54 Å². The summed E-state index contributed by atoms with van der Waals surface area (Å²) in [4.78, 5) is 15.2. The summed E-state index contributed by atoms with van der Waals surface area (Å²) in [6.07, 6.45) is 1.65. The molecule has 0 amide bonds. The van der Waals surface area contributed by atoms with Crippen LogP contribution in [-0.4, -0.2) is 38.2 Å². The number of hydrogen-bond donors (Lipinski definition) is 1. The Morgan fingerprint density at radius 2 is 2.24 bits per heavy atom. The molecule has 106 valence electrons. The van der Waals surface area contributed by atoms with Crippen molar-refractivity contribution in [2.75, 3.05) is 7.11 Å². The van der Waals surface area contributed by atoms with E-state index in [2.05, 4.69) is 15.3 Å². The summed E-state index contributed by atoms with van der Waals surface area (Å²) in [5.41, 5.74) is 2.14. The summed E-state index contributed by atoms with van der Waals surface area (Å²) in [6.45, 7) is 0.457. The number of carboxylic acids is 1. The zero-order valence-corrected chi connectivity index (χ0v) is 11.2. The van der Waals surface area contributed by atoms with Gasteiger partial charge in [0.2, 0.25) is 5.88 Å². The van der Waals surface area contributed by atoms with Crippen molar-refractivity contribution in [3.63, 3.8) is 0 Å². The quantitative estimate of drug-likeness (QED) is 0.782. The third-order valence-electron chi connectivity index (χ3n) is 3.12. The van der Waals surface area contributed by atoms with E-state index in [9.17, 15) is 4.79 Å². The van der Waals surface area contributed by atoms with Gasteiger partial charge in [-0.05, 0) is 23.8 Å². The van der Waals surface area contributed by atoms with Gasteiger partial charge in [0.25, 0.3) is 0 Å². The predicted molar refractivity (Wildman–Crippen MR) is 74.4 cm³/mol. The van der Waals surface area contributed by atoms with Crippen molar-refractivity contribution >= 4 is 17.0 Å². The molecule has 1 N–H and O–H groups in total. The predicted octanol–water partition coefficient (Wildman–Crippen LogP) is 1.58. The molecular formula is C14H12N4O3. The van der Waals surface area contributed by atoms with Crippen LogP contribution < -0.4 is 4.74 Å². The van der Waals surface area contributed by atoms with Crippen LogP contribution >= 0.6 is 0 Å². The summed E-state index contributed by atoms with van der Waals surface area (Å²) < 4.78 is 6.73. The molecule has 2 heterocycles. The first-order valence-corrected chi connectivity index (χ1v) is 6.23. The molecule has 0 saturated carbocycles. The van der Waals surface area contributed by atoms with Gasteiger partial charge in [-0.1, -0.05) is 11.3 Å². The number of carbonyl (C=O) groups is 1. The second kappa shape index (κ2) is 5.20. The molecule has 0 unspecified atom stereocenters. The minimum Gasteiger partial charge on any atom is -0.481 e. The van der Waals surface area contributed by atoms with Gasteiger partial charge in [0.05, 0.1) is 24.7 Å². The van der Waals surface area contributed by atoms with Crippen LogP contribution in [0.1, 0.15) is 15.9 Å². The molecule has 0 saturated heterocycles. The zero-order chi connectivity index (χ0) is 14.8. The number of methoxy groups -OCH3 is 1. The fourth-order valence-electron chi connectivity index (χ4n) is 2.11. The first-order chi connectivity index (χ1) is 10.2. The maximum atomic E-state index is 11.2. The summed E-state index contributed by atoms with van der Waals surface area (Å²) >= 11 is 0. The molecule has 0 radical (unpaired) electrons. The molecule has 0 atom stereocenters. The Balaban J connectivity index is 2.01. The second-order valence-corrected chi connectivity index (χ2v) is 4.43. The fraction of sp³-hybridized carbons (Fsp3) is 0.143. The Labute approximate surface area is 119 Å². The summed E-state index contributed by atoms with van der Waals surface area (Å²) in [5.74, 6) is -0.499. The Hall–Kier alpha value is -2.96. The second-order valence-electron chi connectivity index (χ2n) is 4.43. The van der Waals surface area contributed by atoms with E-state index in [-0.39, 0.29) is 5.56 Å². The van der Waals surface area contributed by atoms with E-state index in [0.29, 0.717) is 23.5 Å². The molecule has 21 heavy (non-hydrogen) atoms. The lowest BCUT2D eigenvalue weighted by Crippen LogP contribution is -2.03. The third kappa shape index (κ3) is 2.40. The standard InChI is InChI=1S/C14H12N4O3/c1-21-12-7-9(5-6-15-12)8-18-11-4-2-3-10(14(19)20)13(11)16-17-18/h2-7H,8H2,1H3,(H,19,20). The van der Waals surface area contributed by atoms with E-state index in [1.807, 2.05) is 6.07 Å². The Morgan fingerprint density at radius 3 is 3.00 bits per heavy atom. The van der Waals surface area contributed by atoms with E-state index >= 15 is 0 Å². The average molecular weight is 284 g/mol. The highest BCUT2D eigenvalue weighted by Crippen LogP contribution is 2.18. The smallest absolute Gasteiger partial charge is 0.338 e. The van der Waals surface area contributed by atoms with Gasteiger partial charge < -0.3 is 9.84 Å². The van der Waals surface area contributed by atoms with Crippen LogP contribution in [0.3, 0.4) is 0 Å². The van der Waals surface area contributed by atoms with E-state index < -0.39 is 5.97 Å². The maximum absolute atomic E-state index is 11.2. The molecule has 0 spiro atoms. The van der Waals surface area contributed by atoms with Crippen molar-refractivity contribution in [3.05, 3.63) is 47.7 Å². The number of benzene rings is 1. The first kappa shape index (κ1) is 13.0. The van der Waals surface area contributed by atoms with E-state index in [1.165, 1.54) is 6.07 Å². The number of pyridine rings is 1. The lowest BCUT2D eigenvalue weighted by atomic mass is 10.2. The van der Waals surface area contributed by atoms with Crippen LogP contribution in [0, 0.1) is 0 Å². The number of fused-ring (bicyclic) bond motifs is 1. The van der Waals surface area contributed by atoms with Gasteiger partial charge in [-0.2, -0.15) is 0 Å². The Bertz CT molecular complexity index is 813. The lowest BCUT2D eigenvalue weighted by molar-refractivity contribution is 0.0699. The number of ether oxygens (including phenoxy) is 1. The highest BCUT2D eigenvalue weighted by atomic mass is 16.5. The molecule has 1 aromatic carbocycles. The number of aromatic nitrogens is 4. The summed E-state index contributed by atoms with van der Waals surface area (Å²) in [7, 11) is 1.55. The van der Waals surface area contributed by atoms with Crippen LogP contribution in [0.15, 0.2) is 36.5 Å². The number of hydrogen-bond acceptors (Lipinski definition) is 5. The van der Waals surface area contributed by atoms with E-state index in [4.69, 9.17) is 9.84 Å². The van der Waals surface area contributed by atoms with Crippen molar-refractivity contribution in [2.24, 2.45) is 0 Å². The molecule has 0 fully saturated rings. The number of carboxylic acid groups (broad SMARTS) is 1. The van der Waals surface area contributed by atoms with Crippen molar-refractivity contribution in [1.29, 1.82) is 0 Å². The number of aromatic carboxylic acids is 1. The van der Waals surface area contributed by atoms with Crippen LogP contribution in [0.25, 0.3) is 11.0 Å². The zero-order valence-electron chi connectivity index (χ0n) is 11.2. The van der Waals surface area contributed by atoms with Gasteiger partial charge in [-0.25, -0.2) is 14.5 Å². The van der Waals surface area contributed by atoms with Crippen molar-refractivity contribution in [2.45, 2.75) is 6.54 Å². The fourth-order valence-corrected chi connectivity index (χ4v) is 2.11. The molecule has 3 aromatic rings. The molecule has 0 aliphatic rings. The normalized spacial score (nSPS) is 10.7. The highest BCUT2D eigenvalue weighted by molar-refractivity contribution is 6.00. The highest BCUT2D eigenvalue weighted by Gasteiger charge is 2.13. The first-order valence-electron chi connectivity index (χ1n) is 6.23. The summed E-state index contributed by atoms with van der Waals surface area (Å²) in [5, 5.41) is 17.1. The van der Waals surface area contributed by atoms with Crippen molar-refractivity contribution in [1.82, 2.24) is 20.0 Å². The Morgan fingerprint density at radius 1 is 1.38 bits per heavy atom. The monoisotopic (exact) mass is 284 g/mol. The molecule has 0 aliphatic carbocycles. The molecule has 3 rings (SSSR count). The minimum atomic E-state index is -1.02. The SMILES string of the molecule is COc1cc(Cn2nnc3c(C(=O)O)cccc32)ccn1. The number of nitrogens with zero attached hydrogens (tertiary/aromatic N) is 4. The average Bonchev–Trinajstić information content (AvgIpc) is 2.90. The minimum absolute atomic E-state index is 0.144. The van der Waals surface area contributed by atoms with Crippen molar-refractivity contribution < 1.29 is 14.6 Å². The van der Waals surface area contributed by atoms with Gasteiger partial charge >= 0.3 is 5.97 Å². The van der Waals surface area contributed by atoms with Gasteiger partial charge in [-0.15, -0.1) is 5.10 Å². The molecule has 7 heteroatoms. The van der Waals surface area contributed by atoms with Crippen LogP contribution in [0.2, 0.25) is 0 Å². The van der Waals surface area contributed by atoms with Gasteiger partial charge in [0, 0.05) is 12.3 Å². The van der Waals surface area contributed by atoms with Crippen LogP contribution in [0.5, 0.6) is 5.88 Å². The molecule has 7 nitrogen and oxygen atoms in total. The third-order valence-corrected chi connectivity index (χ3v) is 3.12. The number of rotatable bonds is 4. The lowest BCUT2D eigenvalue weighted by Gasteiger charge is -2.04. The molecule has 0 aliphatic heterocycles. The largest absolute Gasteiger partial charge is 0.481 e. The molecular weight excluding hydrogens is 272 g/mol.